The predicted molar refractivity (Wildman–Crippen MR) is 105 cm³/mol. The van der Waals surface area contributed by atoms with Gasteiger partial charge in [0.05, 0.1) is 24.3 Å². The van der Waals surface area contributed by atoms with Gasteiger partial charge in [0.1, 0.15) is 0 Å². The van der Waals surface area contributed by atoms with Gasteiger partial charge in [0.25, 0.3) is 0 Å². The number of halogens is 3. The lowest BCUT2D eigenvalue weighted by molar-refractivity contribution is -0.137. The normalized spacial score (nSPS) is 20.5. The Morgan fingerprint density at radius 1 is 1.07 bits per heavy atom. The number of hydrogen-bond acceptors (Lipinski definition) is 2. The van der Waals surface area contributed by atoms with Gasteiger partial charge in [-0.2, -0.15) is 13.2 Å². The zero-order valence-corrected chi connectivity index (χ0v) is 15.8. The Hall–Kier alpha value is -2.27. The topological polar surface area (TPSA) is 23.5 Å². The van der Waals surface area contributed by atoms with Gasteiger partial charge in [-0.3, -0.25) is 0 Å². The summed E-state index contributed by atoms with van der Waals surface area (Å²) in [4.78, 5) is 2.17. The van der Waals surface area contributed by atoms with E-state index in [0.29, 0.717) is 5.92 Å². The van der Waals surface area contributed by atoms with Gasteiger partial charge >= 0.3 is 6.18 Å². The second-order valence-electron chi connectivity index (χ2n) is 7.63. The molecule has 2 aromatic carbocycles. The molecule has 2 atom stereocenters. The monoisotopic (exact) mass is 387 g/mol. The predicted octanol–water partition coefficient (Wildman–Crippen LogP) is 5.83. The van der Waals surface area contributed by atoms with Crippen molar-refractivity contribution in [2.24, 2.45) is 5.92 Å². The largest absolute Gasteiger partial charge is 0.416 e. The summed E-state index contributed by atoms with van der Waals surface area (Å²) in [5, 5.41) is 10.00. The maximum Gasteiger partial charge on any atom is 0.416 e. The number of alkyl halides is 3. The lowest BCUT2D eigenvalue weighted by Crippen LogP contribution is -2.42. The van der Waals surface area contributed by atoms with Crippen molar-refractivity contribution in [1.29, 1.82) is 0 Å². The lowest BCUT2D eigenvalue weighted by atomic mass is 9.87. The van der Waals surface area contributed by atoms with Crippen molar-refractivity contribution >= 4 is 11.3 Å². The molecule has 0 aromatic heterocycles. The van der Waals surface area contributed by atoms with Gasteiger partial charge in [0.2, 0.25) is 0 Å². The minimum absolute atomic E-state index is 0.00539. The van der Waals surface area contributed by atoms with E-state index >= 15 is 0 Å². The average molecular weight is 387 g/mol. The van der Waals surface area contributed by atoms with Crippen molar-refractivity contribution in [3.63, 3.8) is 0 Å². The van der Waals surface area contributed by atoms with E-state index in [1.54, 1.807) is 12.1 Å². The van der Waals surface area contributed by atoms with Gasteiger partial charge in [0.15, 0.2) is 0 Å². The highest BCUT2D eigenvalue weighted by molar-refractivity contribution is 5.83. The highest BCUT2D eigenvalue weighted by Crippen LogP contribution is 2.50. The van der Waals surface area contributed by atoms with E-state index in [0.717, 1.165) is 42.6 Å². The second-order valence-corrected chi connectivity index (χ2v) is 7.63. The molecule has 4 rings (SSSR count). The van der Waals surface area contributed by atoms with Crippen LogP contribution in [0.5, 0.6) is 0 Å². The average Bonchev–Trinajstić information content (AvgIpc) is 3.53. The van der Waals surface area contributed by atoms with E-state index in [9.17, 15) is 18.3 Å². The Balaban J connectivity index is 1.82. The molecule has 1 heterocycles. The highest BCUT2D eigenvalue weighted by Gasteiger charge is 2.37. The van der Waals surface area contributed by atoms with E-state index in [1.165, 1.54) is 11.1 Å². The number of rotatable bonds is 5. The third-order valence-corrected chi connectivity index (χ3v) is 5.80. The maximum atomic E-state index is 13.0. The number of aliphatic hydroxyl groups is 1. The molecule has 1 aliphatic heterocycles. The Bertz CT molecular complexity index is 864. The lowest BCUT2D eigenvalue weighted by Gasteiger charge is -2.42. The summed E-state index contributed by atoms with van der Waals surface area (Å²) in [5.74, 6) is 0.523. The van der Waals surface area contributed by atoms with Crippen LogP contribution in [0.3, 0.4) is 0 Å². The Morgan fingerprint density at radius 2 is 1.75 bits per heavy atom. The van der Waals surface area contributed by atoms with Crippen molar-refractivity contribution in [3.05, 3.63) is 71.3 Å². The minimum Gasteiger partial charge on any atom is -0.394 e. The van der Waals surface area contributed by atoms with Gasteiger partial charge < -0.3 is 10.0 Å². The van der Waals surface area contributed by atoms with E-state index in [1.807, 2.05) is 19.1 Å². The van der Waals surface area contributed by atoms with Gasteiger partial charge in [-0.1, -0.05) is 43.3 Å². The molecule has 0 radical (unpaired) electrons. The first-order chi connectivity index (χ1) is 13.4. The Kier molecular flexibility index (Phi) is 4.96. The van der Waals surface area contributed by atoms with Crippen molar-refractivity contribution in [3.8, 4) is 0 Å². The molecule has 1 N–H and O–H groups in total. The van der Waals surface area contributed by atoms with Crippen LogP contribution in [0, 0.1) is 5.92 Å². The van der Waals surface area contributed by atoms with Crippen molar-refractivity contribution in [2.45, 2.75) is 44.4 Å². The molecule has 28 heavy (non-hydrogen) atoms. The van der Waals surface area contributed by atoms with E-state index < -0.39 is 11.7 Å². The molecule has 2 aromatic rings. The second kappa shape index (κ2) is 7.28. The van der Waals surface area contributed by atoms with Crippen LogP contribution in [0.15, 0.2) is 54.6 Å². The van der Waals surface area contributed by atoms with Crippen LogP contribution < -0.4 is 4.90 Å². The van der Waals surface area contributed by atoms with Gasteiger partial charge in [-0.05, 0) is 54.5 Å². The van der Waals surface area contributed by atoms with Crippen LogP contribution in [0.4, 0.5) is 18.9 Å². The number of nitrogens with zero attached hydrogens (tertiary/aromatic N) is 1. The number of allylic oxidation sites excluding steroid dienone is 1. The van der Waals surface area contributed by atoms with Crippen molar-refractivity contribution in [2.75, 3.05) is 11.5 Å². The van der Waals surface area contributed by atoms with Gasteiger partial charge in [-0.15, -0.1) is 0 Å². The molecule has 0 amide bonds. The highest BCUT2D eigenvalue weighted by atomic mass is 19.4. The van der Waals surface area contributed by atoms with Crippen LogP contribution in [-0.4, -0.2) is 17.8 Å². The molecular formula is C23H24F3NO. The van der Waals surface area contributed by atoms with Crippen molar-refractivity contribution in [1.82, 2.24) is 0 Å². The molecule has 1 saturated carbocycles. The molecule has 2 aliphatic rings. The van der Waals surface area contributed by atoms with Crippen LogP contribution in [0.2, 0.25) is 0 Å². The van der Waals surface area contributed by atoms with Crippen LogP contribution >= 0.6 is 0 Å². The summed E-state index contributed by atoms with van der Waals surface area (Å²) >= 11 is 0. The number of aliphatic hydroxyl groups excluding tert-OH is 1. The molecule has 1 unspecified atom stereocenters. The fraction of sp³-hybridized carbons (Fsp3) is 0.391. The molecule has 0 bridgehead atoms. The number of hydrogen-bond donors (Lipinski definition) is 1. The third-order valence-electron chi connectivity index (χ3n) is 5.80. The van der Waals surface area contributed by atoms with Crippen LogP contribution in [-0.2, 0) is 6.18 Å². The summed E-state index contributed by atoms with van der Waals surface area (Å²) in [6, 6.07) is 13.3. The molecule has 0 spiro atoms. The molecule has 148 valence electrons. The number of anilines is 1. The summed E-state index contributed by atoms with van der Waals surface area (Å²) in [6.45, 7) is 2.02. The number of benzene rings is 2. The summed E-state index contributed by atoms with van der Waals surface area (Å²) < 4.78 is 39.0. The zero-order chi connectivity index (χ0) is 19.9. The smallest absolute Gasteiger partial charge is 0.394 e. The first-order valence-corrected chi connectivity index (χ1v) is 9.81. The van der Waals surface area contributed by atoms with E-state index in [2.05, 4.69) is 23.1 Å². The van der Waals surface area contributed by atoms with Crippen LogP contribution in [0.1, 0.15) is 48.9 Å². The SMILES string of the molecule is CCC(CO)N1c2ccccc2C(C2CC2)=C[C@@H]1c1ccc(C(F)(F)F)cc1. The molecule has 1 fully saturated rings. The minimum atomic E-state index is -4.34. The first-order valence-electron chi connectivity index (χ1n) is 9.81. The van der Waals surface area contributed by atoms with Crippen LogP contribution in [0.25, 0.3) is 5.57 Å². The zero-order valence-electron chi connectivity index (χ0n) is 15.8. The third kappa shape index (κ3) is 3.44. The molecule has 2 nitrogen and oxygen atoms in total. The van der Waals surface area contributed by atoms with E-state index in [-0.39, 0.29) is 18.7 Å². The Labute approximate surface area is 163 Å². The Morgan fingerprint density at radius 3 is 2.32 bits per heavy atom. The standard InChI is InChI=1S/C23H24F3NO/c1-2-18(14-28)27-21-6-4-3-5-19(21)20(15-7-8-15)13-22(27)16-9-11-17(12-10-16)23(24,25)26/h3-6,9-13,15,18,22,28H,2,7-8,14H2,1H3/t18?,22-/m1/s1. The first kappa shape index (κ1) is 19.1. The quantitative estimate of drug-likeness (QED) is 0.698. The molecule has 5 heteroatoms. The summed E-state index contributed by atoms with van der Waals surface area (Å²) in [5.41, 5.74) is 3.69. The number of para-hydroxylation sites is 1. The molecular weight excluding hydrogens is 363 g/mol. The van der Waals surface area contributed by atoms with E-state index in [4.69, 9.17) is 0 Å². The molecule has 0 saturated heterocycles. The maximum absolute atomic E-state index is 13.0. The number of fused-ring (bicyclic) bond motifs is 1. The van der Waals surface area contributed by atoms with Gasteiger partial charge in [-0.25, -0.2) is 0 Å². The fourth-order valence-electron chi connectivity index (χ4n) is 4.15. The fourth-order valence-corrected chi connectivity index (χ4v) is 4.15. The van der Waals surface area contributed by atoms with Gasteiger partial charge in [0, 0.05) is 11.3 Å². The van der Waals surface area contributed by atoms with Crippen molar-refractivity contribution < 1.29 is 18.3 Å². The summed E-state index contributed by atoms with van der Waals surface area (Å²) in [6.07, 6.45) is 0.896. The molecule has 1 aliphatic carbocycles. The summed E-state index contributed by atoms with van der Waals surface area (Å²) in [7, 11) is 0.